The fourth-order valence-electron chi connectivity index (χ4n) is 3.88. The summed E-state index contributed by atoms with van der Waals surface area (Å²) in [7, 11) is 2.14. The average molecular weight is 470 g/mol. The number of aromatic nitrogens is 2. The number of benzene rings is 2. The third kappa shape index (κ3) is 5.13. The van der Waals surface area contributed by atoms with Crippen LogP contribution in [0.5, 0.6) is 11.5 Å². The molecule has 3 N–H and O–H groups in total. The second kappa shape index (κ2) is 9.82. The monoisotopic (exact) mass is 469 g/mol. The van der Waals surface area contributed by atoms with E-state index >= 15 is 0 Å². The lowest BCUT2D eigenvalue weighted by Crippen LogP contribution is -2.43. The number of phenolic OH excluding ortho intramolecular Hbond substituents is 2. The molecule has 0 radical (unpaired) electrons. The Labute approximate surface area is 198 Å². The van der Waals surface area contributed by atoms with E-state index in [1.54, 1.807) is 10.8 Å². The lowest BCUT2D eigenvalue weighted by molar-refractivity contribution is 0.0951. The van der Waals surface area contributed by atoms with Gasteiger partial charge in [-0.1, -0.05) is 23.7 Å². The zero-order valence-electron chi connectivity index (χ0n) is 18.8. The fourth-order valence-corrected chi connectivity index (χ4v) is 4.05. The van der Waals surface area contributed by atoms with Gasteiger partial charge in [-0.05, 0) is 37.7 Å². The molecule has 2 heterocycles. The third-order valence-electron chi connectivity index (χ3n) is 5.80. The lowest BCUT2D eigenvalue weighted by Gasteiger charge is -2.32. The third-order valence-corrected chi connectivity index (χ3v) is 6.10. The minimum absolute atomic E-state index is 0.0828. The largest absolute Gasteiger partial charge is 0.507 e. The highest BCUT2D eigenvalue weighted by atomic mass is 35.5. The second-order valence-electron chi connectivity index (χ2n) is 8.25. The van der Waals surface area contributed by atoms with Crippen LogP contribution in [0, 0.1) is 0 Å². The molecule has 0 aliphatic carbocycles. The van der Waals surface area contributed by atoms with E-state index < -0.39 is 0 Å². The van der Waals surface area contributed by atoms with E-state index in [0.717, 1.165) is 38.4 Å². The van der Waals surface area contributed by atoms with Gasteiger partial charge in [-0.3, -0.25) is 14.3 Å². The number of hydrogen-bond acceptors (Lipinski definition) is 6. The topological polar surface area (TPSA) is 93.9 Å². The van der Waals surface area contributed by atoms with Gasteiger partial charge in [0.15, 0.2) is 0 Å². The zero-order valence-corrected chi connectivity index (χ0v) is 19.5. The van der Waals surface area contributed by atoms with E-state index in [0.29, 0.717) is 17.9 Å². The molecule has 0 bridgehead atoms. The molecule has 1 saturated heterocycles. The maximum Gasteiger partial charge on any atom is 0.271 e. The van der Waals surface area contributed by atoms with Crippen LogP contribution in [0.3, 0.4) is 0 Å². The van der Waals surface area contributed by atoms with Crippen molar-refractivity contribution in [1.82, 2.24) is 24.7 Å². The maximum absolute atomic E-state index is 12.5. The van der Waals surface area contributed by atoms with Crippen molar-refractivity contribution in [3.8, 4) is 28.6 Å². The number of carbonyl (C=O) groups is 1. The molecule has 1 aliphatic heterocycles. The first-order chi connectivity index (χ1) is 15.9. The van der Waals surface area contributed by atoms with E-state index in [9.17, 15) is 15.0 Å². The molecule has 0 spiro atoms. The number of likely N-dealkylation sites (N-methyl/N-ethyl adjacent to an activating group) is 1. The summed E-state index contributed by atoms with van der Waals surface area (Å²) in [6.45, 7) is 7.40. The van der Waals surface area contributed by atoms with Gasteiger partial charge < -0.3 is 20.4 Å². The number of phenols is 2. The first-order valence-electron chi connectivity index (χ1n) is 11.0. The summed E-state index contributed by atoms with van der Waals surface area (Å²) in [5, 5.41) is 23.1. The molecule has 33 heavy (non-hydrogen) atoms. The normalized spacial score (nSPS) is 15.0. The number of nitrogens with one attached hydrogen (secondary N) is 1. The molecule has 3 aromatic rings. The van der Waals surface area contributed by atoms with Gasteiger partial charge in [-0.15, -0.1) is 0 Å². The fraction of sp³-hybridized carbons (Fsp3) is 0.333. The van der Waals surface area contributed by atoms with Crippen LogP contribution in [0.1, 0.15) is 23.0 Å². The Morgan fingerprint density at radius 2 is 1.79 bits per heavy atom. The molecule has 174 valence electrons. The molecule has 0 saturated carbocycles. The molecule has 2 aromatic carbocycles. The number of halogens is 1. The Morgan fingerprint density at radius 1 is 1.09 bits per heavy atom. The van der Waals surface area contributed by atoms with Crippen molar-refractivity contribution in [2.75, 3.05) is 39.8 Å². The Morgan fingerprint density at radius 3 is 2.45 bits per heavy atom. The van der Waals surface area contributed by atoms with Gasteiger partial charge in [0.25, 0.3) is 5.91 Å². The number of nitrogens with zero attached hydrogens (tertiary/aromatic N) is 4. The number of carbonyl (C=O) groups excluding carboxylic acids is 1. The molecule has 1 aromatic heterocycles. The SMILES string of the molecule is CCNC(=O)c1cn(-c2ccc(CN3CCN(C)CC3)cc2)c(-c2cc(Cl)c(O)cc2O)n1. The predicted octanol–water partition coefficient (Wildman–Crippen LogP) is 3.10. The molecule has 0 atom stereocenters. The van der Waals surface area contributed by atoms with Gasteiger partial charge in [0.2, 0.25) is 0 Å². The number of rotatable bonds is 6. The van der Waals surface area contributed by atoms with Crippen molar-refractivity contribution in [3.05, 3.63) is 58.9 Å². The molecule has 8 nitrogen and oxygen atoms in total. The van der Waals surface area contributed by atoms with E-state index in [2.05, 4.69) is 39.3 Å². The first-order valence-corrected chi connectivity index (χ1v) is 11.3. The molecule has 9 heteroatoms. The number of imidazole rings is 1. The molecule has 1 aliphatic rings. The van der Waals surface area contributed by atoms with Crippen molar-refractivity contribution in [3.63, 3.8) is 0 Å². The van der Waals surface area contributed by atoms with Gasteiger partial charge in [0.05, 0.1) is 10.6 Å². The minimum atomic E-state index is -0.312. The summed E-state index contributed by atoms with van der Waals surface area (Å²) >= 11 is 6.09. The summed E-state index contributed by atoms with van der Waals surface area (Å²) in [5.74, 6) is -0.373. The highest BCUT2D eigenvalue weighted by molar-refractivity contribution is 6.32. The molecular weight excluding hydrogens is 442 g/mol. The summed E-state index contributed by atoms with van der Waals surface area (Å²) in [6.07, 6.45) is 1.63. The Hall–Kier alpha value is -3.07. The zero-order chi connectivity index (χ0) is 23.5. The quantitative estimate of drug-likeness (QED) is 0.513. The van der Waals surface area contributed by atoms with Crippen molar-refractivity contribution in [2.24, 2.45) is 0 Å². The number of piperazine rings is 1. The van der Waals surface area contributed by atoms with Crippen LogP contribution in [-0.4, -0.2) is 75.2 Å². The maximum atomic E-state index is 12.5. The van der Waals surface area contributed by atoms with Gasteiger partial charge in [0.1, 0.15) is 23.0 Å². The van der Waals surface area contributed by atoms with Crippen molar-refractivity contribution >= 4 is 17.5 Å². The Balaban J connectivity index is 1.67. The lowest BCUT2D eigenvalue weighted by atomic mass is 10.1. The highest BCUT2D eigenvalue weighted by Crippen LogP contribution is 2.37. The first kappa shape index (κ1) is 23.1. The van der Waals surface area contributed by atoms with Crippen LogP contribution in [-0.2, 0) is 6.54 Å². The average Bonchev–Trinajstić information content (AvgIpc) is 3.24. The molecule has 1 amide bonds. The minimum Gasteiger partial charge on any atom is -0.507 e. The predicted molar refractivity (Wildman–Crippen MR) is 128 cm³/mol. The number of hydrogen-bond donors (Lipinski definition) is 3. The van der Waals surface area contributed by atoms with Crippen LogP contribution in [0.2, 0.25) is 5.02 Å². The van der Waals surface area contributed by atoms with Gasteiger partial charge >= 0.3 is 0 Å². The van der Waals surface area contributed by atoms with Crippen molar-refractivity contribution in [1.29, 1.82) is 0 Å². The van der Waals surface area contributed by atoms with E-state index in [4.69, 9.17) is 11.6 Å². The standard InChI is InChI=1S/C24H28ClN5O3/c1-3-26-24(33)20-15-30(23(27-20)18-12-19(25)22(32)13-21(18)31)17-6-4-16(5-7-17)14-29-10-8-28(2)9-11-29/h4-7,12-13,15,31-32H,3,8-11,14H2,1-2H3,(H,26,33). The molecule has 1 fully saturated rings. The van der Waals surface area contributed by atoms with Crippen LogP contribution in [0.25, 0.3) is 17.1 Å². The summed E-state index contributed by atoms with van der Waals surface area (Å²) in [6, 6.07) is 10.7. The van der Waals surface area contributed by atoms with Crippen LogP contribution >= 0.6 is 11.6 Å². The van der Waals surface area contributed by atoms with Gasteiger partial charge in [-0.25, -0.2) is 4.98 Å². The van der Waals surface area contributed by atoms with E-state index in [1.807, 2.05) is 19.1 Å². The molecule has 0 unspecified atom stereocenters. The van der Waals surface area contributed by atoms with Crippen molar-refractivity contribution in [2.45, 2.75) is 13.5 Å². The van der Waals surface area contributed by atoms with Gasteiger partial charge in [0, 0.05) is 57.2 Å². The Bertz CT molecular complexity index is 1140. The molecular formula is C24H28ClN5O3. The number of amides is 1. The van der Waals surface area contributed by atoms with Crippen LogP contribution < -0.4 is 5.32 Å². The number of aromatic hydroxyl groups is 2. The van der Waals surface area contributed by atoms with Gasteiger partial charge in [-0.2, -0.15) is 0 Å². The smallest absolute Gasteiger partial charge is 0.271 e. The second-order valence-corrected chi connectivity index (χ2v) is 8.65. The van der Waals surface area contributed by atoms with E-state index in [1.165, 1.54) is 17.7 Å². The van der Waals surface area contributed by atoms with Crippen LogP contribution in [0.15, 0.2) is 42.6 Å². The summed E-state index contributed by atoms with van der Waals surface area (Å²) in [4.78, 5) is 21.7. The summed E-state index contributed by atoms with van der Waals surface area (Å²) < 4.78 is 1.74. The van der Waals surface area contributed by atoms with E-state index in [-0.39, 0.29) is 28.1 Å². The van der Waals surface area contributed by atoms with Crippen LogP contribution in [0.4, 0.5) is 0 Å². The summed E-state index contributed by atoms with van der Waals surface area (Å²) in [5.41, 5.74) is 2.52. The Kier molecular flexibility index (Phi) is 6.88. The molecule has 4 rings (SSSR count). The highest BCUT2D eigenvalue weighted by Gasteiger charge is 2.20. The van der Waals surface area contributed by atoms with Crippen molar-refractivity contribution < 1.29 is 15.0 Å².